The molecule has 122 valence electrons. The van der Waals surface area contributed by atoms with Gasteiger partial charge in [-0.25, -0.2) is 13.6 Å². The van der Waals surface area contributed by atoms with Gasteiger partial charge in [-0.15, -0.1) is 0 Å². The number of anilines is 2. The third-order valence-electron chi connectivity index (χ3n) is 3.28. The van der Waals surface area contributed by atoms with Gasteiger partial charge in [-0.05, 0) is 55.0 Å². The van der Waals surface area contributed by atoms with Crippen molar-refractivity contribution in [3.05, 3.63) is 53.6 Å². The van der Waals surface area contributed by atoms with Crippen LogP contribution in [-0.2, 0) is 10.0 Å². The maximum atomic E-state index is 12.3. The number of hydrogen-bond acceptors (Lipinski definition) is 4. The van der Waals surface area contributed by atoms with Gasteiger partial charge < -0.3 is 10.2 Å². The molecule has 0 saturated carbocycles. The van der Waals surface area contributed by atoms with Gasteiger partial charge in [0.1, 0.15) is 0 Å². The standard InChI is InChI=1S/C16H19N3O3S/c1-11-8-12(10-15(9-11)23(17,21)22)16(20)18-13-4-6-14(7-5-13)19(2)3/h4-10H,1-3H3,(H,18,20)(H2,17,21,22). The highest BCUT2D eigenvalue weighted by Gasteiger charge is 2.14. The van der Waals surface area contributed by atoms with Crippen LogP contribution in [0.5, 0.6) is 0 Å². The lowest BCUT2D eigenvalue weighted by molar-refractivity contribution is 0.102. The van der Waals surface area contributed by atoms with E-state index in [1.807, 2.05) is 31.1 Å². The Balaban J connectivity index is 2.25. The van der Waals surface area contributed by atoms with Crippen molar-refractivity contribution in [3.8, 4) is 0 Å². The fourth-order valence-electron chi connectivity index (χ4n) is 2.09. The molecule has 0 saturated heterocycles. The number of rotatable bonds is 4. The van der Waals surface area contributed by atoms with E-state index >= 15 is 0 Å². The molecule has 7 heteroatoms. The SMILES string of the molecule is Cc1cc(C(=O)Nc2ccc(N(C)C)cc2)cc(S(N)(=O)=O)c1. The number of aryl methyl sites for hydroxylation is 1. The van der Waals surface area contributed by atoms with Crippen LogP contribution < -0.4 is 15.4 Å². The van der Waals surface area contributed by atoms with E-state index in [0.29, 0.717) is 11.3 Å². The Morgan fingerprint density at radius 2 is 1.70 bits per heavy atom. The highest BCUT2D eigenvalue weighted by molar-refractivity contribution is 7.89. The molecule has 6 nitrogen and oxygen atoms in total. The highest BCUT2D eigenvalue weighted by Crippen LogP contribution is 2.18. The number of nitrogens with one attached hydrogen (secondary N) is 1. The number of carbonyl (C=O) groups excluding carboxylic acids is 1. The third-order valence-corrected chi connectivity index (χ3v) is 4.18. The average molecular weight is 333 g/mol. The molecule has 2 aromatic carbocycles. The van der Waals surface area contributed by atoms with Crippen LogP contribution in [0.3, 0.4) is 0 Å². The summed E-state index contributed by atoms with van der Waals surface area (Å²) in [6.07, 6.45) is 0. The number of nitrogens with zero attached hydrogens (tertiary/aromatic N) is 1. The van der Waals surface area contributed by atoms with E-state index in [2.05, 4.69) is 5.32 Å². The van der Waals surface area contributed by atoms with Gasteiger partial charge in [-0.3, -0.25) is 4.79 Å². The number of sulfonamides is 1. The Labute approximate surface area is 136 Å². The van der Waals surface area contributed by atoms with E-state index in [1.54, 1.807) is 25.1 Å². The first-order valence-electron chi connectivity index (χ1n) is 6.90. The van der Waals surface area contributed by atoms with Crippen molar-refractivity contribution in [1.82, 2.24) is 0 Å². The van der Waals surface area contributed by atoms with Crippen LogP contribution in [-0.4, -0.2) is 28.4 Å². The summed E-state index contributed by atoms with van der Waals surface area (Å²) in [4.78, 5) is 14.2. The molecular formula is C16H19N3O3S. The van der Waals surface area contributed by atoms with Crippen molar-refractivity contribution in [2.24, 2.45) is 5.14 Å². The molecule has 1 amide bonds. The average Bonchev–Trinajstić information content (AvgIpc) is 2.46. The van der Waals surface area contributed by atoms with Crippen molar-refractivity contribution >= 4 is 27.3 Å². The number of carbonyl (C=O) groups is 1. The molecule has 0 atom stereocenters. The Morgan fingerprint density at radius 1 is 1.09 bits per heavy atom. The van der Waals surface area contributed by atoms with Gasteiger partial charge in [0, 0.05) is 31.0 Å². The van der Waals surface area contributed by atoms with Crippen LogP contribution in [0.1, 0.15) is 15.9 Å². The minimum atomic E-state index is -3.85. The van der Waals surface area contributed by atoms with Crippen molar-refractivity contribution in [2.75, 3.05) is 24.3 Å². The van der Waals surface area contributed by atoms with Crippen LogP contribution in [0.4, 0.5) is 11.4 Å². The van der Waals surface area contributed by atoms with Crippen LogP contribution in [0.2, 0.25) is 0 Å². The number of primary sulfonamides is 1. The largest absolute Gasteiger partial charge is 0.378 e. The molecule has 0 bridgehead atoms. The predicted molar refractivity (Wildman–Crippen MR) is 91.3 cm³/mol. The fourth-order valence-corrected chi connectivity index (χ4v) is 2.73. The summed E-state index contributed by atoms with van der Waals surface area (Å²) in [6.45, 7) is 1.71. The number of hydrogen-bond donors (Lipinski definition) is 2. The molecule has 0 spiro atoms. The first-order valence-corrected chi connectivity index (χ1v) is 8.45. The summed E-state index contributed by atoms with van der Waals surface area (Å²) in [6, 6.07) is 11.6. The maximum absolute atomic E-state index is 12.3. The zero-order chi connectivity index (χ0) is 17.2. The molecule has 23 heavy (non-hydrogen) atoms. The lowest BCUT2D eigenvalue weighted by atomic mass is 10.1. The Kier molecular flexibility index (Phi) is 4.72. The van der Waals surface area contributed by atoms with Crippen LogP contribution in [0.15, 0.2) is 47.4 Å². The topological polar surface area (TPSA) is 92.5 Å². The molecule has 0 radical (unpaired) electrons. The summed E-state index contributed by atoms with van der Waals surface area (Å²) < 4.78 is 22.9. The Hall–Kier alpha value is -2.38. The van der Waals surface area contributed by atoms with Crippen molar-refractivity contribution in [3.63, 3.8) is 0 Å². The van der Waals surface area contributed by atoms with Crippen molar-refractivity contribution in [1.29, 1.82) is 0 Å². The van der Waals surface area contributed by atoms with Gasteiger partial charge >= 0.3 is 0 Å². The van der Waals surface area contributed by atoms with E-state index in [9.17, 15) is 13.2 Å². The Bertz CT molecular complexity index is 828. The highest BCUT2D eigenvalue weighted by atomic mass is 32.2. The minimum absolute atomic E-state index is 0.0781. The summed E-state index contributed by atoms with van der Waals surface area (Å²) in [7, 11) is -0.00343. The zero-order valence-electron chi connectivity index (χ0n) is 13.2. The molecule has 2 rings (SSSR count). The number of nitrogens with two attached hydrogens (primary N) is 1. The second-order valence-electron chi connectivity index (χ2n) is 5.48. The van der Waals surface area contributed by atoms with Crippen LogP contribution in [0.25, 0.3) is 0 Å². The van der Waals surface area contributed by atoms with Gasteiger partial charge in [-0.2, -0.15) is 0 Å². The quantitative estimate of drug-likeness (QED) is 0.894. The van der Waals surface area contributed by atoms with Crippen molar-refractivity contribution < 1.29 is 13.2 Å². The number of benzene rings is 2. The molecule has 2 aromatic rings. The molecule has 0 unspecified atom stereocenters. The van der Waals surface area contributed by atoms with Gasteiger partial charge in [0.25, 0.3) is 5.91 Å². The lowest BCUT2D eigenvalue weighted by Gasteiger charge is -2.13. The second kappa shape index (κ2) is 6.39. The molecule has 3 N–H and O–H groups in total. The minimum Gasteiger partial charge on any atom is -0.378 e. The molecule has 0 fully saturated rings. The molecule has 0 aliphatic rings. The van der Waals surface area contributed by atoms with Gasteiger partial charge in [0.05, 0.1) is 4.90 Å². The lowest BCUT2D eigenvalue weighted by Crippen LogP contribution is -2.16. The maximum Gasteiger partial charge on any atom is 0.255 e. The van der Waals surface area contributed by atoms with Gasteiger partial charge in [0.2, 0.25) is 10.0 Å². The first-order chi connectivity index (χ1) is 10.7. The summed E-state index contributed by atoms with van der Waals surface area (Å²) in [5, 5.41) is 7.87. The van der Waals surface area contributed by atoms with Crippen LogP contribution >= 0.6 is 0 Å². The van der Waals surface area contributed by atoms with E-state index in [0.717, 1.165) is 5.69 Å². The molecule has 0 heterocycles. The molecule has 0 aliphatic heterocycles. The Morgan fingerprint density at radius 3 is 2.22 bits per heavy atom. The first kappa shape index (κ1) is 17.0. The third kappa shape index (κ3) is 4.30. The van der Waals surface area contributed by atoms with Crippen LogP contribution in [0, 0.1) is 6.92 Å². The van der Waals surface area contributed by atoms with E-state index < -0.39 is 15.9 Å². The van der Waals surface area contributed by atoms with Gasteiger partial charge in [-0.1, -0.05) is 0 Å². The monoisotopic (exact) mass is 333 g/mol. The van der Waals surface area contributed by atoms with Gasteiger partial charge in [0.15, 0.2) is 0 Å². The van der Waals surface area contributed by atoms with Crippen molar-refractivity contribution in [2.45, 2.75) is 11.8 Å². The summed E-state index contributed by atoms with van der Waals surface area (Å²) >= 11 is 0. The van der Waals surface area contributed by atoms with E-state index in [4.69, 9.17) is 5.14 Å². The van der Waals surface area contributed by atoms with E-state index in [-0.39, 0.29) is 10.5 Å². The molecular weight excluding hydrogens is 314 g/mol. The zero-order valence-corrected chi connectivity index (χ0v) is 14.0. The number of amides is 1. The second-order valence-corrected chi connectivity index (χ2v) is 7.04. The smallest absolute Gasteiger partial charge is 0.255 e. The summed E-state index contributed by atoms with van der Waals surface area (Å²) in [5.41, 5.74) is 2.52. The summed E-state index contributed by atoms with van der Waals surface area (Å²) in [5.74, 6) is -0.392. The normalized spacial score (nSPS) is 11.1. The predicted octanol–water partition coefficient (Wildman–Crippen LogP) is 1.96. The molecule has 0 aromatic heterocycles. The molecule has 0 aliphatic carbocycles. The fraction of sp³-hybridized carbons (Fsp3) is 0.188. The van der Waals surface area contributed by atoms with E-state index in [1.165, 1.54) is 12.1 Å².